The highest BCUT2D eigenvalue weighted by atomic mass is 32.2. The number of rotatable bonds is 6. The molecule has 0 radical (unpaired) electrons. The van der Waals surface area contributed by atoms with Crippen LogP contribution in [0.15, 0.2) is 53.4 Å². The predicted octanol–water partition coefficient (Wildman–Crippen LogP) is 3.80. The largest absolute Gasteiger partial charge is 0.349 e. The molecule has 1 aliphatic heterocycles. The lowest BCUT2D eigenvalue weighted by Crippen LogP contribution is -2.44. The summed E-state index contributed by atoms with van der Waals surface area (Å²) in [5, 5.41) is 3.21. The fourth-order valence-electron chi connectivity index (χ4n) is 4.10. The first-order valence-corrected chi connectivity index (χ1v) is 11.9. The second kappa shape index (κ2) is 8.47. The fourth-order valence-corrected chi connectivity index (χ4v) is 5.63. The van der Waals surface area contributed by atoms with Crippen LogP contribution >= 0.6 is 0 Å². The molecule has 2 fully saturated rings. The summed E-state index contributed by atoms with van der Waals surface area (Å²) >= 11 is 0. The first-order valence-electron chi connectivity index (χ1n) is 10.5. The molecule has 1 atom stereocenters. The average Bonchev–Trinajstić information content (AvgIpc) is 3.58. The summed E-state index contributed by atoms with van der Waals surface area (Å²) in [4.78, 5) is 12.6. The first kappa shape index (κ1) is 21.0. The lowest BCUT2D eigenvalue weighted by atomic mass is 9.95. The minimum atomic E-state index is -3.89. The molecular formula is C23H27FN2O3S. The van der Waals surface area contributed by atoms with Gasteiger partial charge in [-0.1, -0.05) is 42.0 Å². The van der Waals surface area contributed by atoms with Crippen LogP contribution < -0.4 is 5.32 Å². The zero-order chi connectivity index (χ0) is 21.3. The van der Waals surface area contributed by atoms with Crippen LogP contribution in [0.1, 0.15) is 42.9 Å². The number of piperidine rings is 1. The Balaban J connectivity index is 1.39. The molecule has 2 aromatic rings. The monoisotopic (exact) mass is 430 g/mol. The predicted molar refractivity (Wildman–Crippen MR) is 113 cm³/mol. The van der Waals surface area contributed by atoms with Crippen molar-refractivity contribution >= 4 is 15.9 Å². The van der Waals surface area contributed by atoms with E-state index in [0.717, 1.165) is 24.5 Å². The highest BCUT2D eigenvalue weighted by Gasteiger charge is 2.37. The maximum atomic E-state index is 14.0. The molecule has 0 unspecified atom stereocenters. The van der Waals surface area contributed by atoms with Crippen LogP contribution in [0.3, 0.4) is 0 Å². The van der Waals surface area contributed by atoms with E-state index >= 15 is 0 Å². The van der Waals surface area contributed by atoms with Crippen LogP contribution in [0.4, 0.5) is 4.39 Å². The fraction of sp³-hybridized carbons (Fsp3) is 0.435. The van der Waals surface area contributed by atoms with E-state index in [9.17, 15) is 17.6 Å². The molecule has 2 aromatic carbocycles. The summed E-state index contributed by atoms with van der Waals surface area (Å²) < 4.78 is 40.8. The summed E-state index contributed by atoms with van der Waals surface area (Å²) in [5.41, 5.74) is 2.30. The van der Waals surface area contributed by atoms with Gasteiger partial charge in [-0.3, -0.25) is 4.79 Å². The molecule has 7 heteroatoms. The number of nitrogens with one attached hydrogen (secondary N) is 1. The molecule has 1 heterocycles. The van der Waals surface area contributed by atoms with E-state index in [0.29, 0.717) is 18.8 Å². The third-order valence-corrected chi connectivity index (χ3v) is 8.04. The maximum absolute atomic E-state index is 14.0. The van der Waals surface area contributed by atoms with Gasteiger partial charge in [0, 0.05) is 19.0 Å². The Hall–Kier alpha value is -2.25. The van der Waals surface area contributed by atoms with Crippen molar-refractivity contribution < 1.29 is 17.6 Å². The van der Waals surface area contributed by atoms with Gasteiger partial charge in [0.1, 0.15) is 10.7 Å². The van der Waals surface area contributed by atoms with Gasteiger partial charge in [0.15, 0.2) is 0 Å². The van der Waals surface area contributed by atoms with Gasteiger partial charge in [-0.15, -0.1) is 0 Å². The number of nitrogens with zero attached hydrogens (tertiary/aromatic N) is 1. The van der Waals surface area contributed by atoms with Crippen molar-refractivity contribution in [1.82, 2.24) is 9.62 Å². The van der Waals surface area contributed by atoms with Gasteiger partial charge in [0.25, 0.3) is 0 Å². The van der Waals surface area contributed by atoms with Crippen LogP contribution in [0.25, 0.3) is 0 Å². The Kier molecular flexibility index (Phi) is 5.93. The van der Waals surface area contributed by atoms with Crippen molar-refractivity contribution in [3.63, 3.8) is 0 Å². The van der Waals surface area contributed by atoms with Crippen molar-refractivity contribution in [2.45, 2.75) is 43.5 Å². The summed E-state index contributed by atoms with van der Waals surface area (Å²) in [6.07, 6.45) is 3.09. The molecule has 1 saturated heterocycles. The van der Waals surface area contributed by atoms with Crippen molar-refractivity contribution in [3.05, 3.63) is 65.5 Å². The minimum Gasteiger partial charge on any atom is -0.349 e. The molecule has 4 rings (SSSR count). The van der Waals surface area contributed by atoms with Gasteiger partial charge < -0.3 is 5.32 Å². The SMILES string of the molecule is Cc1ccc([C@H](NC(=O)C2CCN(S(=O)(=O)c3ccccc3F)CC2)C2CC2)cc1. The molecule has 30 heavy (non-hydrogen) atoms. The van der Waals surface area contributed by atoms with Gasteiger partial charge >= 0.3 is 0 Å². The number of carbonyl (C=O) groups is 1. The van der Waals surface area contributed by atoms with Crippen molar-refractivity contribution in [1.29, 1.82) is 0 Å². The third-order valence-electron chi connectivity index (χ3n) is 6.11. The van der Waals surface area contributed by atoms with Gasteiger partial charge in [-0.05, 0) is 56.2 Å². The minimum absolute atomic E-state index is 0.0123. The zero-order valence-corrected chi connectivity index (χ0v) is 17.9. The average molecular weight is 431 g/mol. The van der Waals surface area contributed by atoms with Crippen molar-refractivity contribution in [2.24, 2.45) is 11.8 Å². The quantitative estimate of drug-likeness (QED) is 0.758. The van der Waals surface area contributed by atoms with Gasteiger partial charge in [-0.25, -0.2) is 12.8 Å². The van der Waals surface area contributed by atoms with E-state index in [1.165, 1.54) is 28.1 Å². The highest BCUT2D eigenvalue weighted by Crippen LogP contribution is 2.41. The third kappa shape index (κ3) is 4.42. The Morgan fingerprint density at radius 2 is 1.67 bits per heavy atom. The van der Waals surface area contributed by atoms with Crippen LogP contribution in [-0.4, -0.2) is 31.7 Å². The topological polar surface area (TPSA) is 66.5 Å². The normalized spacial score (nSPS) is 19.4. The molecule has 1 aliphatic carbocycles. The summed E-state index contributed by atoms with van der Waals surface area (Å²) in [7, 11) is -3.89. The molecule has 2 aliphatic rings. The lowest BCUT2D eigenvalue weighted by Gasteiger charge is -2.31. The Bertz CT molecular complexity index is 1010. The summed E-state index contributed by atoms with van der Waals surface area (Å²) in [6.45, 7) is 2.47. The number of carbonyl (C=O) groups excluding carboxylic acids is 1. The number of amides is 1. The Morgan fingerprint density at radius 3 is 2.27 bits per heavy atom. The number of halogens is 1. The molecule has 0 aromatic heterocycles. The number of hydrogen-bond donors (Lipinski definition) is 1. The molecule has 0 spiro atoms. The van der Waals surface area contributed by atoms with Crippen LogP contribution in [0.2, 0.25) is 0 Å². The number of aryl methyl sites for hydroxylation is 1. The molecule has 160 valence electrons. The summed E-state index contributed by atoms with van der Waals surface area (Å²) in [6, 6.07) is 13.7. The zero-order valence-electron chi connectivity index (χ0n) is 17.1. The summed E-state index contributed by atoms with van der Waals surface area (Å²) in [5.74, 6) is -0.528. The van der Waals surface area contributed by atoms with Crippen molar-refractivity contribution in [3.8, 4) is 0 Å². The molecule has 1 N–H and O–H groups in total. The number of sulfonamides is 1. The molecule has 1 amide bonds. The maximum Gasteiger partial charge on any atom is 0.245 e. The number of benzene rings is 2. The van der Waals surface area contributed by atoms with Crippen LogP contribution in [0.5, 0.6) is 0 Å². The molecular weight excluding hydrogens is 403 g/mol. The highest BCUT2D eigenvalue weighted by molar-refractivity contribution is 7.89. The Labute approximate surface area is 177 Å². The van der Waals surface area contributed by atoms with E-state index in [-0.39, 0.29) is 35.9 Å². The van der Waals surface area contributed by atoms with Gasteiger partial charge in [0.05, 0.1) is 6.04 Å². The van der Waals surface area contributed by atoms with Crippen LogP contribution in [-0.2, 0) is 14.8 Å². The van der Waals surface area contributed by atoms with Gasteiger partial charge in [0.2, 0.25) is 15.9 Å². The van der Waals surface area contributed by atoms with E-state index in [4.69, 9.17) is 0 Å². The van der Waals surface area contributed by atoms with E-state index in [1.54, 1.807) is 0 Å². The van der Waals surface area contributed by atoms with Crippen molar-refractivity contribution in [2.75, 3.05) is 13.1 Å². The van der Waals surface area contributed by atoms with Crippen LogP contribution in [0, 0.1) is 24.6 Å². The molecule has 5 nitrogen and oxygen atoms in total. The standard InChI is InChI=1S/C23H27FN2O3S/c1-16-6-8-17(9-7-16)22(18-10-11-18)25-23(27)19-12-14-26(15-13-19)30(28,29)21-5-3-2-4-20(21)24/h2-9,18-19,22H,10-15H2,1H3,(H,25,27)/t22-/m0/s1. The Morgan fingerprint density at radius 1 is 1.03 bits per heavy atom. The first-order chi connectivity index (χ1) is 14.4. The second-order valence-corrected chi connectivity index (χ2v) is 10.2. The lowest BCUT2D eigenvalue weighted by molar-refractivity contribution is -0.127. The number of hydrogen-bond acceptors (Lipinski definition) is 3. The van der Waals surface area contributed by atoms with E-state index in [1.807, 2.05) is 6.92 Å². The second-order valence-electron chi connectivity index (χ2n) is 8.34. The van der Waals surface area contributed by atoms with Gasteiger partial charge in [-0.2, -0.15) is 4.31 Å². The van der Waals surface area contributed by atoms with E-state index < -0.39 is 15.8 Å². The van der Waals surface area contributed by atoms with E-state index in [2.05, 4.69) is 29.6 Å². The smallest absolute Gasteiger partial charge is 0.245 e. The molecule has 1 saturated carbocycles. The molecule has 0 bridgehead atoms.